The van der Waals surface area contributed by atoms with Crippen molar-refractivity contribution < 1.29 is 23.2 Å². The summed E-state index contributed by atoms with van der Waals surface area (Å²) in [6.07, 6.45) is 2.33. The minimum atomic E-state index is -1.74. The Morgan fingerprint density at radius 3 is 2.93 bits per heavy atom. The molecule has 160 valence electrons. The first-order valence-electron chi connectivity index (χ1n) is 10.1. The van der Waals surface area contributed by atoms with E-state index in [9.17, 15) is 18.5 Å². The van der Waals surface area contributed by atoms with Crippen molar-refractivity contribution in [2.24, 2.45) is 11.8 Å². The largest absolute Gasteiger partial charge is 0.492 e. The minimum Gasteiger partial charge on any atom is -0.492 e. The van der Waals surface area contributed by atoms with Gasteiger partial charge in [0.25, 0.3) is 0 Å². The summed E-state index contributed by atoms with van der Waals surface area (Å²) in [5.41, 5.74) is 1.72. The lowest BCUT2D eigenvalue weighted by Gasteiger charge is -2.25. The maximum atomic E-state index is 13.9. The molecule has 0 aliphatic carbocycles. The lowest BCUT2D eigenvalue weighted by molar-refractivity contribution is 0.0691. The van der Waals surface area contributed by atoms with Gasteiger partial charge in [-0.15, -0.1) is 0 Å². The molecule has 8 heteroatoms. The molecule has 0 bridgehead atoms. The predicted molar refractivity (Wildman–Crippen MR) is 113 cm³/mol. The second kappa shape index (κ2) is 8.73. The van der Waals surface area contributed by atoms with Crippen LogP contribution in [-0.2, 0) is 23.8 Å². The number of hydrogen-bond donors (Lipinski definition) is 3. The first-order chi connectivity index (χ1) is 14.4. The van der Waals surface area contributed by atoms with Gasteiger partial charge in [-0.1, -0.05) is 13.0 Å². The fourth-order valence-corrected chi connectivity index (χ4v) is 5.20. The van der Waals surface area contributed by atoms with Crippen molar-refractivity contribution in [2.75, 3.05) is 24.4 Å². The van der Waals surface area contributed by atoms with Crippen molar-refractivity contribution in [3.8, 4) is 5.75 Å². The highest BCUT2D eigenvalue weighted by atomic mass is 32.2. The molecule has 3 atom stereocenters. The maximum Gasteiger partial charge on any atom is 0.341 e. The molecular weight excluding hydrogens is 407 g/mol. The summed E-state index contributed by atoms with van der Waals surface area (Å²) in [5.74, 6) is -0.523. The van der Waals surface area contributed by atoms with Gasteiger partial charge < -0.3 is 19.9 Å². The molecule has 2 aromatic rings. The molecule has 1 saturated heterocycles. The number of hydrogen-bond acceptors (Lipinski definition) is 4. The number of carboxylic acids is 1. The number of rotatable bonds is 6. The van der Waals surface area contributed by atoms with E-state index >= 15 is 0 Å². The van der Waals surface area contributed by atoms with Gasteiger partial charge in [0.1, 0.15) is 17.1 Å². The summed E-state index contributed by atoms with van der Waals surface area (Å²) in [5, 5.41) is 13.1. The molecular formula is C22H25FN2O4S. The van der Waals surface area contributed by atoms with E-state index in [1.54, 1.807) is 6.07 Å². The fraction of sp³-hybridized carbons (Fsp3) is 0.409. The number of benzene rings is 2. The minimum absolute atomic E-state index is 0.0172. The highest BCUT2D eigenvalue weighted by Gasteiger charge is 2.27. The highest BCUT2D eigenvalue weighted by Crippen LogP contribution is 2.36. The molecule has 2 heterocycles. The molecule has 2 aromatic carbocycles. The highest BCUT2D eigenvalue weighted by molar-refractivity contribution is 7.86. The van der Waals surface area contributed by atoms with Gasteiger partial charge in [0.15, 0.2) is 11.0 Å². The van der Waals surface area contributed by atoms with E-state index < -0.39 is 17.0 Å². The number of fused-ring (bicyclic) bond motifs is 1. The molecule has 0 amide bonds. The van der Waals surface area contributed by atoms with Crippen LogP contribution in [0.25, 0.3) is 0 Å². The van der Waals surface area contributed by atoms with Crippen molar-refractivity contribution in [1.82, 2.24) is 5.32 Å². The molecule has 0 radical (unpaired) electrons. The average molecular weight is 433 g/mol. The van der Waals surface area contributed by atoms with Gasteiger partial charge in [-0.3, -0.25) is 0 Å². The average Bonchev–Trinajstić information content (AvgIpc) is 3.20. The Balaban J connectivity index is 1.64. The van der Waals surface area contributed by atoms with Gasteiger partial charge in [-0.05, 0) is 79.6 Å². The number of halogens is 1. The van der Waals surface area contributed by atoms with E-state index in [0.29, 0.717) is 41.1 Å². The summed E-state index contributed by atoms with van der Waals surface area (Å²) in [4.78, 5) is 12.4. The second-order valence-electron chi connectivity index (χ2n) is 8.09. The molecule has 3 N–H and O–H groups in total. The Kier molecular flexibility index (Phi) is 6.06. The monoisotopic (exact) mass is 432 g/mol. The van der Waals surface area contributed by atoms with Crippen LogP contribution in [0.1, 0.15) is 34.8 Å². The zero-order chi connectivity index (χ0) is 21.3. The lowest BCUT2D eigenvalue weighted by Crippen LogP contribution is -2.21. The number of aromatic carboxylic acids is 1. The Morgan fingerprint density at radius 2 is 2.20 bits per heavy atom. The van der Waals surface area contributed by atoms with Crippen LogP contribution in [0.4, 0.5) is 10.1 Å². The van der Waals surface area contributed by atoms with Crippen LogP contribution in [0.3, 0.4) is 0 Å². The Morgan fingerprint density at radius 1 is 1.37 bits per heavy atom. The smallest absolute Gasteiger partial charge is 0.341 e. The lowest BCUT2D eigenvalue weighted by atomic mass is 9.95. The molecule has 2 aliphatic heterocycles. The molecule has 2 aliphatic rings. The van der Waals surface area contributed by atoms with Crippen LogP contribution in [0.5, 0.6) is 5.75 Å². The van der Waals surface area contributed by atoms with Crippen molar-refractivity contribution in [3.63, 3.8) is 0 Å². The van der Waals surface area contributed by atoms with E-state index in [-0.39, 0.29) is 17.1 Å². The molecule has 0 saturated carbocycles. The predicted octanol–water partition coefficient (Wildman–Crippen LogP) is 3.38. The standard InChI is InChI=1S/C22H25FN2O4S/c1-13-8-15-2-4-18(20(22(26)27)21(15)29-12-13)25-30(28)19-5-3-17(23)10-16(19)9-14-6-7-24-11-14/h2-5,10,13-14,24-25H,6-9,11-12H2,1H3,(H,26,27). The molecule has 4 rings (SSSR count). The Hall–Kier alpha value is -2.45. The molecule has 1 fully saturated rings. The summed E-state index contributed by atoms with van der Waals surface area (Å²) >= 11 is 0. The van der Waals surface area contributed by atoms with Crippen molar-refractivity contribution in [2.45, 2.75) is 31.1 Å². The van der Waals surface area contributed by atoms with Crippen LogP contribution in [-0.4, -0.2) is 35.0 Å². The summed E-state index contributed by atoms with van der Waals surface area (Å²) in [7, 11) is -1.74. The van der Waals surface area contributed by atoms with Gasteiger partial charge in [-0.25, -0.2) is 13.4 Å². The topological polar surface area (TPSA) is 87.7 Å². The zero-order valence-electron chi connectivity index (χ0n) is 16.7. The van der Waals surface area contributed by atoms with Crippen molar-refractivity contribution in [3.05, 3.63) is 52.8 Å². The van der Waals surface area contributed by atoms with E-state index in [4.69, 9.17) is 4.74 Å². The van der Waals surface area contributed by atoms with E-state index in [0.717, 1.165) is 31.5 Å². The number of anilines is 1. The van der Waals surface area contributed by atoms with E-state index in [1.807, 2.05) is 13.0 Å². The van der Waals surface area contributed by atoms with Crippen LogP contribution in [0, 0.1) is 17.7 Å². The van der Waals surface area contributed by atoms with Crippen LogP contribution >= 0.6 is 0 Å². The molecule has 0 spiro atoms. The Bertz CT molecular complexity index is 991. The van der Waals surface area contributed by atoms with E-state index in [1.165, 1.54) is 18.2 Å². The second-order valence-corrected chi connectivity index (χ2v) is 9.27. The number of carboxylic acid groups (broad SMARTS) is 1. The van der Waals surface area contributed by atoms with Gasteiger partial charge in [0.2, 0.25) is 0 Å². The quantitative estimate of drug-likeness (QED) is 0.651. The first kappa shape index (κ1) is 20.8. The van der Waals surface area contributed by atoms with Gasteiger partial charge in [-0.2, -0.15) is 0 Å². The van der Waals surface area contributed by atoms with Gasteiger partial charge in [0, 0.05) is 0 Å². The third-order valence-corrected chi connectivity index (χ3v) is 6.83. The van der Waals surface area contributed by atoms with Crippen LogP contribution in [0.2, 0.25) is 0 Å². The van der Waals surface area contributed by atoms with E-state index in [2.05, 4.69) is 10.0 Å². The van der Waals surface area contributed by atoms with Crippen molar-refractivity contribution >= 4 is 22.6 Å². The molecule has 0 aromatic heterocycles. The third kappa shape index (κ3) is 4.34. The molecule has 6 nitrogen and oxygen atoms in total. The van der Waals surface area contributed by atoms with Crippen molar-refractivity contribution in [1.29, 1.82) is 0 Å². The normalized spacial score (nSPS) is 21.5. The number of ether oxygens (including phenoxy) is 1. The molecule has 30 heavy (non-hydrogen) atoms. The fourth-order valence-electron chi connectivity index (χ4n) is 4.15. The number of carbonyl (C=O) groups is 1. The summed E-state index contributed by atoms with van der Waals surface area (Å²) in [6, 6.07) is 7.65. The SMILES string of the molecule is CC1COc2c(ccc(NS(=O)c3ccc(F)cc3CC3CCNC3)c2C(=O)O)C1. The first-order valence-corrected chi connectivity index (χ1v) is 11.3. The molecule has 3 unspecified atom stereocenters. The van der Waals surface area contributed by atoms with Crippen LogP contribution < -0.4 is 14.8 Å². The third-order valence-electron chi connectivity index (χ3n) is 5.63. The zero-order valence-corrected chi connectivity index (χ0v) is 17.6. The Labute approximate surface area is 177 Å². The van der Waals surface area contributed by atoms with Gasteiger partial charge >= 0.3 is 5.97 Å². The maximum absolute atomic E-state index is 13.9. The summed E-state index contributed by atoms with van der Waals surface area (Å²) in [6.45, 7) is 4.25. The summed E-state index contributed by atoms with van der Waals surface area (Å²) < 4.78 is 35.6. The van der Waals surface area contributed by atoms with Gasteiger partial charge in [0.05, 0.1) is 17.2 Å². The van der Waals surface area contributed by atoms with Crippen LogP contribution in [0.15, 0.2) is 35.2 Å². The number of nitrogens with one attached hydrogen (secondary N) is 2.